The molecule has 0 aliphatic carbocycles. The van der Waals surface area contributed by atoms with Crippen LogP contribution in [0.15, 0.2) is 36.5 Å². The predicted molar refractivity (Wildman–Crippen MR) is 67.7 cm³/mol. The van der Waals surface area contributed by atoms with E-state index in [0.717, 1.165) is 5.56 Å². The second kappa shape index (κ2) is 4.83. The molecule has 18 heavy (non-hydrogen) atoms. The number of pyridine rings is 1. The first kappa shape index (κ1) is 12.0. The van der Waals surface area contributed by atoms with Crippen LogP contribution >= 0.6 is 0 Å². The van der Waals surface area contributed by atoms with Crippen LogP contribution in [0.4, 0.5) is 15.8 Å². The largest absolute Gasteiger partial charge is 0.399 e. The Hall–Kier alpha value is -2.43. The van der Waals surface area contributed by atoms with Gasteiger partial charge in [-0.3, -0.25) is 9.78 Å². The van der Waals surface area contributed by atoms with Crippen LogP contribution in [0.25, 0.3) is 0 Å². The van der Waals surface area contributed by atoms with Gasteiger partial charge in [0.1, 0.15) is 11.5 Å². The standard InChI is InChI=1S/C13H12FN3O/c1-8-3-2-6-16-12(8)13(18)17-11-7-9(15)4-5-10(11)14/h2-7H,15H2,1H3,(H,17,18). The highest BCUT2D eigenvalue weighted by Crippen LogP contribution is 2.18. The van der Waals surface area contributed by atoms with Crippen molar-refractivity contribution in [2.24, 2.45) is 0 Å². The van der Waals surface area contributed by atoms with Crippen molar-refractivity contribution in [1.82, 2.24) is 4.98 Å². The SMILES string of the molecule is Cc1cccnc1C(=O)Nc1cc(N)ccc1F. The van der Waals surface area contributed by atoms with Gasteiger partial charge in [-0.2, -0.15) is 0 Å². The summed E-state index contributed by atoms with van der Waals surface area (Å²) in [4.78, 5) is 15.9. The van der Waals surface area contributed by atoms with Crippen LogP contribution in [0.5, 0.6) is 0 Å². The number of nitrogens with zero attached hydrogens (tertiary/aromatic N) is 1. The summed E-state index contributed by atoms with van der Waals surface area (Å²) < 4.78 is 13.5. The van der Waals surface area contributed by atoms with E-state index >= 15 is 0 Å². The topological polar surface area (TPSA) is 68.0 Å². The molecule has 0 radical (unpaired) electrons. The lowest BCUT2D eigenvalue weighted by Crippen LogP contribution is -2.16. The number of rotatable bonds is 2. The molecule has 92 valence electrons. The van der Waals surface area contributed by atoms with Crippen molar-refractivity contribution < 1.29 is 9.18 Å². The third kappa shape index (κ3) is 2.45. The molecule has 0 unspecified atom stereocenters. The van der Waals surface area contributed by atoms with Crippen molar-refractivity contribution in [2.45, 2.75) is 6.92 Å². The number of anilines is 2. The molecule has 2 aromatic rings. The Labute approximate surface area is 104 Å². The number of amides is 1. The fraction of sp³-hybridized carbons (Fsp3) is 0.0769. The molecule has 5 heteroatoms. The number of carbonyl (C=O) groups is 1. The summed E-state index contributed by atoms with van der Waals surface area (Å²) in [6.07, 6.45) is 1.51. The maximum atomic E-state index is 13.5. The summed E-state index contributed by atoms with van der Waals surface area (Å²) in [5.74, 6) is -0.997. The first-order chi connectivity index (χ1) is 8.58. The Morgan fingerprint density at radius 1 is 1.39 bits per heavy atom. The number of hydrogen-bond acceptors (Lipinski definition) is 3. The first-order valence-corrected chi connectivity index (χ1v) is 5.36. The van der Waals surface area contributed by atoms with Gasteiger partial charge in [-0.15, -0.1) is 0 Å². The highest BCUT2D eigenvalue weighted by atomic mass is 19.1. The molecular formula is C13H12FN3O. The molecule has 0 saturated heterocycles. The quantitative estimate of drug-likeness (QED) is 0.798. The normalized spacial score (nSPS) is 10.1. The van der Waals surface area contributed by atoms with E-state index in [4.69, 9.17) is 5.73 Å². The maximum Gasteiger partial charge on any atom is 0.274 e. The smallest absolute Gasteiger partial charge is 0.274 e. The Bertz CT molecular complexity index is 599. The third-order valence-corrected chi connectivity index (χ3v) is 2.46. The summed E-state index contributed by atoms with van der Waals surface area (Å²) >= 11 is 0. The summed E-state index contributed by atoms with van der Waals surface area (Å²) in [6.45, 7) is 1.76. The van der Waals surface area contributed by atoms with E-state index in [2.05, 4.69) is 10.3 Å². The number of nitrogens with two attached hydrogens (primary N) is 1. The first-order valence-electron chi connectivity index (χ1n) is 5.36. The molecule has 1 heterocycles. The maximum absolute atomic E-state index is 13.5. The molecule has 2 rings (SSSR count). The Morgan fingerprint density at radius 3 is 2.89 bits per heavy atom. The lowest BCUT2D eigenvalue weighted by atomic mass is 10.2. The predicted octanol–water partition coefficient (Wildman–Crippen LogP) is 2.36. The van der Waals surface area contributed by atoms with Crippen LogP contribution in [-0.2, 0) is 0 Å². The lowest BCUT2D eigenvalue weighted by molar-refractivity contribution is 0.102. The molecule has 0 bridgehead atoms. The van der Waals surface area contributed by atoms with Crippen molar-refractivity contribution in [3.63, 3.8) is 0 Å². The van der Waals surface area contributed by atoms with Gasteiger partial charge < -0.3 is 11.1 Å². The molecule has 1 aromatic heterocycles. The van der Waals surface area contributed by atoms with E-state index in [1.54, 1.807) is 19.1 Å². The van der Waals surface area contributed by atoms with Gasteiger partial charge in [-0.05, 0) is 36.8 Å². The Morgan fingerprint density at radius 2 is 2.17 bits per heavy atom. The van der Waals surface area contributed by atoms with Gasteiger partial charge in [0, 0.05) is 11.9 Å². The van der Waals surface area contributed by atoms with Gasteiger partial charge >= 0.3 is 0 Å². The van der Waals surface area contributed by atoms with E-state index in [9.17, 15) is 9.18 Å². The van der Waals surface area contributed by atoms with Crippen molar-refractivity contribution in [1.29, 1.82) is 0 Å². The van der Waals surface area contributed by atoms with E-state index in [1.165, 1.54) is 24.4 Å². The van der Waals surface area contributed by atoms with Crippen LogP contribution in [0.2, 0.25) is 0 Å². The molecule has 1 aromatic carbocycles. The molecule has 0 aliphatic rings. The van der Waals surface area contributed by atoms with E-state index < -0.39 is 11.7 Å². The molecule has 0 aliphatic heterocycles. The number of aromatic nitrogens is 1. The summed E-state index contributed by atoms with van der Waals surface area (Å²) in [6, 6.07) is 7.49. The van der Waals surface area contributed by atoms with Crippen LogP contribution in [-0.4, -0.2) is 10.9 Å². The number of aryl methyl sites for hydroxylation is 1. The van der Waals surface area contributed by atoms with Gasteiger partial charge in [0.25, 0.3) is 5.91 Å². The fourth-order valence-corrected chi connectivity index (χ4v) is 1.54. The molecule has 0 saturated carbocycles. The second-order valence-electron chi connectivity index (χ2n) is 3.86. The monoisotopic (exact) mass is 245 g/mol. The summed E-state index contributed by atoms with van der Waals surface area (Å²) in [7, 11) is 0. The molecule has 0 atom stereocenters. The van der Waals surface area contributed by atoms with Crippen LogP contribution < -0.4 is 11.1 Å². The molecule has 0 fully saturated rings. The third-order valence-electron chi connectivity index (χ3n) is 2.46. The van der Waals surface area contributed by atoms with Crippen molar-refractivity contribution in [2.75, 3.05) is 11.1 Å². The number of carbonyl (C=O) groups excluding carboxylic acids is 1. The van der Waals surface area contributed by atoms with Gasteiger partial charge in [0.15, 0.2) is 0 Å². The highest BCUT2D eigenvalue weighted by Gasteiger charge is 2.12. The van der Waals surface area contributed by atoms with E-state index in [-0.39, 0.29) is 11.4 Å². The molecule has 4 nitrogen and oxygen atoms in total. The zero-order chi connectivity index (χ0) is 13.1. The van der Waals surface area contributed by atoms with Gasteiger partial charge in [-0.1, -0.05) is 6.07 Å². The van der Waals surface area contributed by atoms with Gasteiger partial charge in [0.05, 0.1) is 5.69 Å². The van der Waals surface area contributed by atoms with Crippen molar-refractivity contribution >= 4 is 17.3 Å². The Kier molecular flexibility index (Phi) is 3.23. The molecule has 0 spiro atoms. The average Bonchev–Trinajstić information content (AvgIpc) is 2.34. The van der Waals surface area contributed by atoms with E-state index in [1.807, 2.05) is 0 Å². The number of hydrogen-bond donors (Lipinski definition) is 2. The zero-order valence-electron chi connectivity index (χ0n) is 9.77. The molecular weight excluding hydrogens is 233 g/mol. The summed E-state index contributed by atoms with van der Waals surface area (Å²) in [5, 5.41) is 2.45. The fourth-order valence-electron chi connectivity index (χ4n) is 1.54. The Balaban J connectivity index is 2.27. The molecule has 1 amide bonds. The number of nitrogen functional groups attached to an aromatic ring is 1. The minimum atomic E-state index is -0.536. The van der Waals surface area contributed by atoms with Gasteiger partial charge in [-0.25, -0.2) is 4.39 Å². The highest BCUT2D eigenvalue weighted by molar-refractivity contribution is 6.04. The van der Waals surface area contributed by atoms with Crippen LogP contribution in [0, 0.1) is 12.7 Å². The minimum absolute atomic E-state index is 0.0463. The van der Waals surface area contributed by atoms with Crippen LogP contribution in [0.1, 0.15) is 16.1 Å². The molecule has 3 N–H and O–H groups in total. The van der Waals surface area contributed by atoms with Crippen molar-refractivity contribution in [3.8, 4) is 0 Å². The number of nitrogens with one attached hydrogen (secondary N) is 1. The van der Waals surface area contributed by atoms with E-state index in [0.29, 0.717) is 5.69 Å². The second-order valence-corrected chi connectivity index (χ2v) is 3.86. The minimum Gasteiger partial charge on any atom is -0.399 e. The lowest BCUT2D eigenvalue weighted by Gasteiger charge is -2.08. The van der Waals surface area contributed by atoms with Gasteiger partial charge in [0.2, 0.25) is 0 Å². The zero-order valence-corrected chi connectivity index (χ0v) is 9.77. The number of benzene rings is 1. The number of halogens is 1. The summed E-state index contributed by atoms with van der Waals surface area (Å²) in [5.41, 5.74) is 6.95. The van der Waals surface area contributed by atoms with Crippen molar-refractivity contribution in [3.05, 3.63) is 53.6 Å². The van der Waals surface area contributed by atoms with Crippen LogP contribution in [0.3, 0.4) is 0 Å². The average molecular weight is 245 g/mol.